The third-order valence-corrected chi connectivity index (χ3v) is 6.53. The number of hydrogen-bond acceptors (Lipinski definition) is 3. The number of nitrogens with one attached hydrogen (secondary N) is 1. The van der Waals surface area contributed by atoms with Crippen LogP contribution in [0.4, 0.5) is 0 Å². The summed E-state index contributed by atoms with van der Waals surface area (Å²) in [4.78, 5) is 13.6. The number of benzene rings is 1. The van der Waals surface area contributed by atoms with E-state index in [-0.39, 0.29) is 0 Å². The van der Waals surface area contributed by atoms with Gasteiger partial charge < -0.3 is 10.2 Å². The van der Waals surface area contributed by atoms with Crippen molar-refractivity contribution in [3.63, 3.8) is 0 Å². The van der Waals surface area contributed by atoms with Crippen molar-refractivity contribution in [2.75, 3.05) is 19.6 Å². The summed E-state index contributed by atoms with van der Waals surface area (Å²) in [5.74, 6) is 1.05. The van der Waals surface area contributed by atoms with Crippen molar-refractivity contribution in [2.24, 2.45) is 11.3 Å². The average Bonchev–Trinajstić information content (AvgIpc) is 3.32. The normalized spacial score (nSPS) is 27.8. The van der Waals surface area contributed by atoms with Crippen LogP contribution in [0.1, 0.15) is 51.5 Å². The molecule has 1 aliphatic heterocycles. The summed E-state index contributed by atoms with van der Waals surface area (Å²) in [5, 5.41) is 3.92. The molecule has 4 rings (SSSR count). The number of nitrogens with zero attached hydrogens (tertiary/aromatic N) is 1. The van der Waals surface area contributed by atoms with E-state index in [4.69, 9.17) is 0 Å². The highest BCUT2D eigenvalue weighted by Crippen LogP contribution is 2.50. The van der Waals surface area contributed by atoms with E-state index in [1.807, 2.05) is 0 Å². The second-order valence-corrected chi connectivity index (χ2v) is 8.87. The largest absolute Gasteiger partial charge is 0.311 e. The van der Waals surface area contributed by atoms with Crippen LogP contribution in [0.3, 0.4) is 0 Å². The molecule has 2 aliphatic carbocycles. The van der Waals surface area contributed by atoms with Gasteiger partial charge in [-0.25, -0.2) is 0 Å². The fourth-order valence-electron chi connectivity index (χ4n) is 5.06. The number of ketones is 1. The van der Waals surface area contributed by atoms with E-state index >= 15 is 0 Å². The zero-order chi connectivity index (χ0) is 18.1. The van der Waals surface area contributed by atoms with E-state index in [0.717, 1.165) is 31.3 Å². The maximum atomic E-state index is 11.1. The van der Waals surface area contributed by atoms with Crippen LogP contribution in [0.15, 0.2) is 35.9 Å². The van der Waals surface area contributed by atoms with Crippen molar-refractivity contribution in [1.82, 2.24) is 10.2 Å². The summed E-state index contributed by atoms with van der Waals surface area (Å²) in [5.41, 5.74) is 3.51. The number of likely N-dealkylation sites (tertiary alicyclic amines) is 1. The second-order valence-electron chi connectivity index (χ2n) is 8.87. The molecule has 0 radical (unpaired) electrons. The molecule has 1 aromatic carbocycles. The molecule has 3 heteroatoms. The van der Waals surface area contributed by atoms with Gasteiger partial charge in [-0.3, -0.25) is 4.79 Å². The highest BCUT2D eigenvalue weighted by Gasteiger charge is 2.53. The van der Waals surface area contributed by atoms with Crippen LogP contribution in [-0.2, 0) is 4.79 Å². The summed E-state index contributed by atoms with van der Waals surface area (Å²) in [7, 11) is 0. The first-order chi connectivity index (χ1) is 12.6. The standard InChI is InChI=1S/C23H32N2O/c1-3-19(11-18-7-5-4-6-8-18)21-12-22(21)24-20-13-23(14-20)15-25(16-23)10-9-17(2)26/h4-8,11,20-22,24H,3,9-10,12-16H2,1-2H3/b19-11+/t21-,22+/m0/s1. The van der Waals surface area contributed by atoms with Gasteiger partial charge in [0.2, 0.25) is 0 Å². The van der Waals surface area contributed by atoms with Crippen molar-refractivity contribution >= 4 is 11.9 Å². The summed E-state index contributed by atoms with van der Waals surface area (Å²) >= 11 is 0. The lowest BCUT2D eigenvalue weighted by molar-refractivity contribution is -0.119. The maximum Gasteiger partial charge on any atom is 0.131 e. The van der Waals surface area contributed by atoms with Crippen LogP contribution in [0.25, 0.3) is 6.08 Å². The molecule has 1 spiro atoms. The smallest absolute Gasteiger partial charge is 0.131 e. The lowest BCUT2D eigenvalue weighted by Gasteiger charge is -2.59. The molecule has 3 fully saturated rings. The zero-order valence-corrected chi connectivity index (χ0v) is 16.2. The molecule has 1 heterocycles. The van der Waals surface area contributed by atoms with Gasteiger partial charge in [-0.05, 0) is 49.5 Å². The highest BCUT2D eigenvalue weighted by atomic mass is 16.1. The zero-order valence-electron chi connectivity index (χ0n) is 16.2. The summed E-state index contributed by atoms with van der Waals surface area (Å²) in [6.07, 6.45) is 8.23. The summed E-state index contributed by atoms with van der Waals surface area (Å²) in [6, 6.07) is 12.1. The van der Waals surface area contributed by atoms with Crippen LogP contribution < -0.4 is 5.32 Å². The van der Waals surface area contributed by atoms with Gasteiger partial charge in [-0.1, -0.05) is 48.9 Å². The Morgan fingerprint density at radius 3 is 2.65 bits per heavy atom. The van der Waals surface area contributed by atoms with Crippen LogP contribution >= 0.6 is 0 Å². The van der Waals surface area contributed by atoms with Crippen molar-refractivity contribution < 1.29 is 4.79 Å². The van der Waals surface area contributed by atoms with Gasteiger partial charge in [0.25, 0.3) is 0 Å². The van der Waals surface area contributed by atoms with Crippen LogP contribution in [0, 0.1) is 11.3 Å². The molecule has 2 atom stereocenters. The first-order valence-corrected chi connectivity index (χ1v) is 10.3. The Balaban J connectivity index is 1.20. The predicted molar refractivity (Wildman–Crippen MR) is 107 cm³/mol. The lowest BCUT2D eigenvalue weighted by Crippen LogP contribution is -2.66. The van der Waals surface area contributed by atoms with E-state index in [2.05, 4.69) is 53.5 Å². The molecule has 2 saturated carbocycles. The van der Waals surface area contributed by atoms with E-state index in [9.17, 15) is 4.79 Å². The van der Waals surface area contributed by atoms with Gasteiger partial charge in [-0.2, -0.15) is 0 Å². The van der Waals surface area contributed by atoms with E-state index in [1.54, 1.807) is 12.5 Å². The second kappa shape index (κ2) is 7.28. The van der Waals surface area contributed by atoms with Crippen LogP contribution in [0.2, 0.25) is 0 Å². The topological polar surface area (TPSA) is 32.3 Å². The van der Waals surface area contributed by atoms with Crippen molar-refractivity contribution in [3.05, 3.63) is 41.5 Å². The Morgan fingerprint density at radius 1 is 1.27 bits per heavy atom. The predicted octanol–water partition coefficient (Wildman–Crippen LogP) is 3.90. The molecule has 0 amide bonds. The van der Waals surface area contributed by atoms with Gasteiger partial charge in [0.05, 0.1) is 0 Å². The number of Topliss-reactive ketones (excluding diaryl/α,β-unsaturated/α-hetero) is 1. The third kappa shape index (κ3) is 3.94. The Hall–Kier alpha value is -1.45. The first kappa shape index (κ1) is 17.9. The molecule has 26 heavy (non-hydrogen) atoms. The number of carbonyl (C=O) groups is 1. The fourth-order valence-corrected chi connectivity index (χ4v) is 5.06. The summed E-state index contributed by atoms with van der Waals surface area (Å²) < 4.78 is 0. The molecular formula is C23H32N2O. The van der Waals surface area contributed by atoms with Gasteiger partial charge in [0, 0.05) is 38.1 Å². The molecular weight excluding hydrogens is 320 g/mol. The third-order valence-electron chi connectivity index (χ3n) is 6.53. The Morgan fingerprint density at radius 2 is 2.00 bits per heavy atom. The van der Waals surface area contributed by atoms with Crippen LogP contribution in [0.5, 0.6) is 0 Å². The monoisotopic (exact) mass is 352 g/mol. The highest BCUT2D eigenvalue weighted by molar-refractivity contribution is 5.75. The van der Waals surface area contributed by atoms with Gasteiger partial charge >= 0.3 is 0 Å². The molecule has 1 N–H and O–H groups in total. The molecule has 0 aromatic heterocycles. The first-order valence-electron chi connectivity index (χ1n) is 10.3. The number of carbonyl (C=O) groups excluding carboxylic acids is 1. The van der Waals surface area contributed by atoms with E-state index in [0.29, 0.717) is 17.2 Å². The maximum absolute atomic E-state index is 11.1. The molecule has 3 nitrogen and oxygen atoms in total. The number of rotatable bonds is 8. The van der Waals surface area contributed by atoms with Crippen molar-refractivity contribution in [2.45, 2.75) is 58.0 Å². The van der Waals surface area contributed by atoms with Gasteiger partial charge in [0.1, 0.15) is 5.78 Å². The van der Waals surface area contributed by atoms with Crippen molar-refractivity contribution in [3.8, 4) is 0 Å². The summed E-state index contributed by atoms with van der Waals surface area (Å²) in [6.45, 7) is 7.36. The minimum absolute atomic E-state index is 0.314. The Bertz CT molecular complexity index is 667. The van der Waals surface area contributed by atoms with Gasteiger partial charge in [0.15, 0.2) is 0 Å². The quantitative estimate of drug-likeness (QED) is 0.770. The van der Waals surface area contributed by atoms with E-state index in [1.165, 1.54) is 37.9 Å². The van der Waals surface area contributed by atoms with E-state index < -0.39 is 0 Å². The number of hydrogen-bond donors (Lipinski definition) is 1. The Labute approximate surface area is 157 Å². The van der Waals surface area contributed by atoms with Crippen LogP contribution in [-0.4, -0.2) is 42.4 Å². The Kier molecular flexibility index (Phi) is 5.02. The molecule has 0 unspecified atom stereocenters. The minimum Gasteiger partial charge on any atom is -0.311 e. The molecule has 0 bridgehead atoms. The molecule has 1 saturated heterocycles. The SMILES string of the molecule is CC/C(=C\c1ccccc1)[C@@H]1C[C@H]1NC1CC2(C1)CN(CCC(C)=O)C2. The average molecular weight is 353 g/mol. The lowest BCUT2D eigenvalue weighted by atomic mass is 9.60. The fraction of sp³-hybridized carbons (Fsp3) is 0.609. The minimum atomic E-state index is 0.314. The van der Waals surface area contributed by atoms with Crippen molar-refractivity contribution in [1.29, 1.82) is 0 Å². The molecule has 3 aliphatic rings. The molecule has 140 valence electrons. The molecule has 1 aromatic rings. The van der Waals surface area contributed by atoms with Gasteiger partial charge in [-0.15, -0.1) is 0 Å².